The van der Waals surface area contributed by atoms with Crippen molar-refractivity contribution in [2.24, 2.45) is 22.0 Å². The summed E-state index contributed by atoms with van der Waals surface area (Å²) in [4.78, 5) is 0. The minimum absolute atomic E-state index is 0.0567. The molecule has 4 atom stereocenters. The number of nitrogens with one attached hydrogen (secondary N) is 1. The third-order valence-electron chi connectivity index (χ3n) is 3.05. The summed E-state index contributed by atoms with van der Waals surface area (Å²) in [6, 6.07) is 0.0856. The fourth-order valence-electron chi connectivity index (χ4n) is 2.23. The molecule has 0 aromatic rings. The van der Waals surface area contributed by atoms with Crippen molar-refractivity contribution in [3.05, 3.63) is 12.2 Å². The molecule has 0 bridgehead atoms. The monoisotopic (exact) mass is 245 g/mol. The van der Waals surface area contributed by atoms with Gasteiger partial charge in [-0.05, 0) is 12.3 Å². The van der Waals surface area contributed by atoms with E-state index >= 15 is 0 Å². The molecular formula is C9H15N3OS2. The Morgan fingerprint density at radius 1 is 1.80 bits per heavy atom. The molecule has 1 heterocycles. The lowest BCUT2D eigenvalue weighted by atomic mass is 9.80. The Balaban J connectivity index is 2.39. The molecule has 0 saturated carbocycles. The van der Waals surface area contributed by atoms with E-state index in [1.165, 1.54) is 0 Å². The molecule has 3 N–H and O–H groups in total. The molecule has 0 saturated heterocycles. The maximum atomic E-state index is 11.7. The van der Waals surface area contributed by atoms with Gasteiger partial charge in [-0.2, -0.15) is 4.40 Å². The lowest BCUT2D eigenvalue weighted by Gasteiger charge is -2.37. The van der Waals surface area contributed by atoms with Gasteiger partial charge < -0.3 is 5.73 Å². The Hall–Kier alpha value is -0.460. The van der Waals surface area contributed by atoms with Crippen LogP contribution < -0.4 is 10.5 Å². The smallest absolute Gasteiger partial charge is 0.197 e. The molecule has 15 heavy (non-hydrogen) atoms. The van der Waals surface area contributed by atoms with Crippen LogP contribution in [-0.4, -0.2) is 16.1 Å². The van der Waals surface area contributed by atoms with Gasteiger partial charge in [0.25, 0.3) is 0 Å². The van der Waals surface area contributed by atoms with Gasteiger partial charge in [-0.1, -0.05) is 25.5 Å². The Kier molecular flexibility index (Phi) is 2.83. The number of nitrogens with zero attached hydrogens (tertiary/aromatic N) is 1. The van der Waals surface area contributed by atoms with Crippen molar-refractivity contribution in [3.63, 3.8) is 0 Å². The Bertz CT molecular complexity index is 413. The van der Waals surface area contributed by atoms with Crippen LogP contribution in [0.2, 0.25) is 0 Å². The van der Waals surface area contributed by atoms with Gasteiger partial charge in [0, 0.05) is 17.2 Å². The summed E-state index contributed by atoms with van der Waals surface area (Å²) in [5, 5.41) is 0. The summed E-state index contributed by atoms with van der Waals surface area (Å²) in [5.74, 6) is 0.909. The van der Waals surface area contributed by atoms with E-state index in [-0.39, 0.29) is 12.0 Å². The van der Waals surface area contributed by atoms with Crippen LogP contribution in [0.25, 0.3) is 0 Å². The summed E-state index contributed by atoms with van der Waals surface area (Å²) in [6.45, 7) is 2.12. The van der Waals surface area contributed by atoms with Crippen LogP contribution in [0.4, 0.5) is 0 Å². The zero-order valence-corrected chi connectivity index (χ0v) is 10.2. The highest BCUT2D eigenvalue weighted by molar-refractivity contribution is 8.31. The van der Waals surface area contributed by atoms with E-state index in [0.29, 0.717) is 11.8 Å². The van der Waals surface area contributed by atoms with E-state index in [1.54, 1.807) is 0 Å². The number of hydrogen-bond donors (Lipinski definition) is 2. The molecule has 84 valence electrons. The summed E-state index contributed by atoms with van der Waals surface area (Å²) in [7, 11) is -2.73. The van der Waals surface area contributed by atoms with Gasteiger partial charge in [-0.25, -0.2) is 8.93 Å². The van der Waals surface area contributed by atoms with Gasteiger partial charge in [0.2, 0.25) is 0 Å². The third kappa shape index (κ3) is 2.07. The van der Waals surface area contributed by atoms with Crippen molar-refractivity contribution in [2.45, 2.75) is 25.8 Å². The Morgan fingerprint density at radius 2 is 2.53 bits per heavy atom. The number of nitrogens with two attached hydrogens (primary N) is 1. The third-order valence-corrected chi connectivity index (χ3v) is 4.59. The first-order chi connectivity index (χ1) is 7.03. The molecule has 0 spiro atoms. The Labute approximate surface area is 95.0 Å². The second-order valence-corrected chi connectivity index (χ2v) is 6.72. The fraction of sp³-hybridized carbons (Fsp3) is 0.667. The molecule has 6 heteroatoms. The van der Waals surface area contributed by atoms with Crippen molar-refractivity contribution in [3.8, 4) is 0 Å². The molecule has 0 fully saturated rings. The standard InChI is InChI=1S/C9H15N3OS2/c1-2-6-4-3-5-7-8(6)11-15(13,14)12-9(7)10/h3,5-8,11H,2,4H2,1H3,(H2,10,12). The highest BCUT2D eigenvalue weighted by Gasteiger charge is 2.37. The van der Waals surface area contributed by atoms with Crippen molar-refractivity contribution >= 4 is 25.9 Å². The van der Waals surface area contributed by atoms with Gasteiger partial charge in [0.05, 0.1) is 5.92 Å². The summed E-state index contributed by atoms with van der Waals surface area (Å²) in [6.07, 6.45) is 6.17. The van der Waals surface area contributed by atoms with E-state index < -0.39 is 8.86 Å². The van der Waals surface area contributed by atoms with Crippen molar-refractivity contribution in [2.75, 3.05) is 0 Å². The molecule has 0 aromatic heterocycles. The summed E-state index contributed by atoms with van der Waals surface area (Å²) < 4.78 is 18.5. The van der Waals surface area contributed by atoms with E-state index in [2.05, 4.69) is 22.1 Å². The Morgan fingerprint density at radius 3 is 3.20 bits per heavy atom. The van der Waals surface area contributed by atoms with Crippen molar-refractivity contribution < 1.29 is 4.21 Å². The van der Waals surface area contributed by atoms with Crippen LogP contribution in [0.1, 0.15) is 19.8 Å². The SMILES string of the molecule is CCC1CC=CC2C(N)=NS(=O)(=S)NC12. The zero-order chi connectivity index (χ0) is 11.1. The first kappa shape index (κ1) is 11.0. The number of hydrogen-bond acceptors (Lipinski definition) is 3. The topological polar surface area (TPSA) is 67.5 Å². The second-order valence-electron chi connectivity index (χ2n) is 3.99. The quantitative estimate of drug-likeness (QED) is 0.661. The average Bonchev–Trinajstić information content (AvgIpc) is 2.15. The largest absolute Gasteiger partial charge is 0.386 e. The number of rotatable bonds is 1. The van der Waals surface area contributed by atoms with Crippen LogP contribution in [-0.2, 0) is 20.1 Å². The lowest BCUT2D eigenvalue weighted by Crippen LogP contribution is -2.53. The molecule has 2 aliphatic rings. The zero-order valence-electron chi connectivity index (χ0n) is 8.55. The molecular weight excluding hydrogens is 230 g/mol. The number of fused-ring (bicyclic) bond motifs is 1. The molecule has 4 unspecified atom stereocenters. The predicted molar refractivity (Wildman–Crippen MR) is 65.1 cm³/mol. The normalized spacial score (nSPS) is 44.6. The number of allylic oxidation sites excluding steroid dienone is 1. The average molecular weight is 245 g/mol. The molecule has 4 nitrogen and oxygen atoms in total. The fourth-order valence-corrected chi connectivity index (χ4v) is 3.96. The molecule has 0 amide bonds. The van der Waals surface area contributed by atoms with E-state index in [1.807, 2.05) is 6.08 Å². The lowest BCUT2D eigenvalue weighted by molar-refractivity contribution is 0.342. The molecule has 0 aromatic carbocycles. The van der Waals surface area contributed by atoms with Crippen LogP contribution >= 0.6 is 0 Å². The van der Waals surface area contributed by atoms with Crippen LogP contribution in [0.5, 0.6) is 0 Å². The minimum Gasteiger partial charge on any atom is -0.386 e. The van der Waals surface area contributed by atoms with Crippen LogP contribution in [0.3, 0.4) is 0 Å². The molecule has 1 aliphatic carbocycles. The highest BCUT2D eigenvalue weighted by Crippen LogP contribution is 2.29. The molecule has 2 rings (SSSR count). The van der Waals surface area contributed by atoms with Gasteiger partial charge in [-0.15, -0.1) is 0 Å². The van der Waals surface area contributed by atoms with Crippen molar-refractivity contribution in [1.29, 1.82) is 0 Å². The van der Waals surface area contributed by atoms with E-state index in [0.717, 1.165) is 12.8 Å². The van der Waals surface area contributed by atoms with E-state index in [4.69, 9.17) is 16.9 Å². The summed E-state index contributed by atoms with van der Waals surface area (Å²) in [5.41, 5.74) is 5.79. The van der Waals surface area contributed by atoms with Crippen LogP contribution in [0.15, 0.2) is 16.5 Å². The van der Waals surface area contributed by atoms with Gasteiger partial charge in [0.1, 0.15) is 5.84 Å². The molecule has 1 aliphatic heterocycles. The molecule has 0 radical (unpaired) electrons. The maximum Gasteiger partial charge on any atom is 0.197 e. The highest BCUT2D eigenvalue weighted by atomic mass is 32.8. The van der Waals surface area contributed by atoms with Gasteiger partial charge in [0.15, 0.2) is 8.86 Å². The minimum atomic E-state index is -2.73. The van der Waals surface area contributed by atoms with Gasteiger partial charge >= 0.3 is 0 Å². The maximum absolute atomic E-state index is 11.7. The first-order valence-electron chi connectivity index (χ1n) is 5.07. The van der Waals surface area contributed by atoms with Crippen LogP contribution in [0, 0.1) is 11.8 Å². The number of amidine groups is 1. The second kappa shape index (κ2) is 3.84. The van der Waals surface area contributed by atoms with E-state index in [9.17, 15) is 4.21 Å². The van der Waals surface area contributed by atoms with Gasteiger partial charge in [-0.3, -0.25) is 0 Å². The summed E-state index contributed by atoms with van der Waals surface area (Å²) >= 11 is 4.87. The van der Waals surface area contributed by atoms with Crippen molar-refractivity contribution in [1.82, 2.24) is 4.72 Å². The first-order valence-corrected chi connectivity index (χ1v) is 7.51. The predicted octanol–water partition coefficient (Wildman–Crippen LogP) is 0.494.